The molecule has 4 rings (SSSR count). The number of sulfonamides is 1. The van der Waals surface area contributed by atoms with Gasteiger partial charge in [-0.25, -0.2) is 8.42 Å². The number of hydrogen-bond donors (Lipinski definition) is 1. The average Bonchev–Trinajstić information content (AvgIpc) is 3.06. The van der Waals surface area contributed by atoms with Crippen LogP contribution in [0.1, 0.15) is 37.0 Å². The minimum Gasteiger partial charge on any atom is -0.497 e. The molecule has 8 nitrogen and oxygen atoms in total. The van der Waals surface area contributed by atoms with Crippen molar-refractivity contribution < 1.29 is 22.7 Å². The van der Waals surface area contributed by atoms with Crippen LogP contribution < -0.4 is 14.4 Å². The van der Waals surface area contributed by atoms with Gasteiger partial charge in [-0.3, -0.25) is 13.9 Å². The second-order valence-corrected chi connectivity index (χ2v) is 14.0. The number of hydrogen-bond acceptors (Lipinski definition) is 5. The minimum absolute atomic E-state index is 0.0523. The van der Waals surface area contributed by atoms with Crippen molar-refractivity contribution in [2.24, 2.45) is 0 Å². The lowest BCUT2D eigenvalue weighted by Gasteiger charge is -2.34. The van der Waals surface area contributed by atoms with E-state index < -0.39 is 28.5 Å². The van der Waals surface area contributed by atoms with Crippen LogP contribution in [0.15, 0.2) is 112 Å². The van der Waals surface area contributed by atoms with Crippen molar-refractivity contribution in [2.75, 3.05) is 18.0 Å². The van der Waals surface area contributed by atoms with Gasteiger partial charge in [0.1, 0.15) is 18.3 Å². The molecular weight excluding hydrogens is 666 g/mol. The molecule has 0 bridgehead atoms. The molecule has 0 aliphatic heterocycles. The van der Waals surface area contributed by atoms with Gasteiger partial charge in [-0.05, 0) is 79.9 Å². The first-order chi connectivity index (χ1) is 22.0. The molecule has 0 saturated carbocycles. The second kappa shape index (κ2) is 15.9. The van der Waals surface area contributed by atoms with E-state index in [1.807, 2.05) is 75.4 Å². The summed E-state index contributed by atoms with van der Waals surface area (Å²) in [6, 6.07) is 29.0. The first kappa shape index (κ1) is 34.7. The third-order valence-electron chi connectivity index (χ3n) is 7.79. The molecule has 0 aliphatic carbocycles. The van der Waals surface area contributed by atoms with Gasteiger partial charge in [0.15, 0.2) is 0 Å². The molecule has 2 atom stereocenters. The van der Waals surface area contributed by atoms with Crippen LogP contribution in [0.4, 0.5) is 5.69 Å². The number of carbonyl (C=O) groups excluding carboxylic acids is 2. The van der Waals surface area contributed by atoms with Gasteiger partial charge in [-0.15, -0.1) is 0 Å². The van der Waals surface area contributed by atoms with Crippen LogP contribution in [0.25, 0.3) is 0 Å². The van der Waals surface area contributed by atoms with E-state index in [9.17, 15) is 18.0 Å². The number of aryl methyl sites for hydroxylation is 1. The van der Waals surface area contributed by atoms with Crippen LogP contribution in [0, 0.1) is 6.92 Å². The molecule has 46 heavy (non-hydrogen) atoms. The standard InChI is InChI=1S/C36H40BrN3O5S/c1-5-27(3)38-36(42)34(23-28-9-7-6-8-10-28)39(24-29-13-15-30(37)16-14-29)35(41)25-40(31-17-19-32(45-4)20-18-31)46(43,44)33-21-11-26(2)12-22-33/h6-22,27,34H,5,23-25H2,1-4H3,(H,38,42)/t27-,34-/m0/s1. The summed E-state index contributed by atoms with van der Waals surface area (Å²) in [5.74, 6) is -0.278. The Balaban J connectivity index is 1.80. The van der Waals surface area contributed by atoms with Crippen LogP contribution in [0.2, 0.25) is 0 Å². The number of nitrogens with zero attached hydrogens (tertiary/aromatic N) is 2. The van der Waals surface area contributed by atoms with Gasteiger partial charge in [-0.1, -0.05) is 83.0 Å². The zero-order valence-corrected chi connectivity index (χ0v) is 28.9. The van der Waals surface area contributed by atoms with E-state index in [4.69, 9.17) is 4.74 Å². The van der Waals surface area contributed by atoms with E-state index in [1.165, 1.54) is 24.1 Å². The van der Waals surface area contributed by atoms with Crippen LogP contribution in [0.3, 0.4) is 0 Å². The molecule has 0 fully saturated rings. The Hall–Kier alpha value is -4.15. The van der Waals surface area contributed by atoms with Crippen LogP contribution in [-0.4, -0.2) is 50.9 Å². The summed E-state index contributed by atoms with van der Waals surface area (Å²) in [4.78, 5) is 30.0. The van der Waals surface area contributed by atoms with E-state index in [1.54, 1.807) is 36.4 Å². The van der Waals surface area contributed by atoms with Crippen molar-refractivity contribution in [1.82, 2.24) is 10.2 Å². The first-order valence-electron chi connectivity index (χ1n) is 15.1. The van der Waals surface area contributed by atoms with Crippen molar-refractivity contribution in [1.29, 1.82) is 0 Å². The molecule has 4 aromatic rings. The summed E-state index contributed by atoms with van der Waals surface area (Å²) in [6.07, 6.45) is 0.961. The highest BCUT2D eigenvalue weighted by atomic mass is 79.9. The number of anilines is 1. The second-order valence-electron chi connectivity index (χ2n) is 11.2. The van der Waals surface area contributed by atoms with Gasteiger partial charge in [0.2, 0.25) is 11.8 Å². The van der Waals surface area contributed by atoms with Gasteiger partial charge in [0.05, 0.1) is 17.7 Å². The van der Waals surface area contributed by atoms with Gasteiger partial charge in [0.25, 0.3) is 10.0 Å². The summed E-state index contributed by atoms with van der Waals surface area (Å²) in [7, 11) is -2.66. The predicted molar refractivity (Wildman–Crippen MR) is 185 cm³/mol. The maximum absolute atomic E-state index is 14.6. The molecule has 10 heteroatoms. The summed E-state index contributed by atoms with van der Waals surface area (Å²) >= 11 is 3.46. The third kappa shape index (κ3) is 8.98. The molecule has 0 saturated heterocycles. The Bertz CT molecular complexity index is 1700. The van der Waals surface area contributed by atoms with Crippen molar-refractivity contribution in [3.63, 3.8) is 0 Å². The molecule has 4 aromatic carbocycles. The van der Waals surface area contributed by atoms with Crippen molar-refractivity contribution in [3.05, 3.63) is 124 Å². The smallest absolute Gasteiger partial charge is 0.264 e. The maximum atomic E-state index is 14.6. The predicted octanol–water partition coefficient (Wildman–Crippen LogP) is 6.52. The summed E-state index contributed by atoms with van der Waals surface area (Å²) in [5.41, 5.74) is 2.87. The Labute approximate surface area is 280 Å². The lowest BCUT2D eigenvalue weighted by atomic mass is 10.0. The zero-order valence-electron chi connectivity index (χ0n) is 26.5. The van der Waals surface area contributed by atoms with Crippen molar-refractivity contribution in [2.45, 2.75) is 57.1 Å². The molecule has 242 valence electrons. The Kier molecular flexibility index (Phi) is 12.0. The summed E-state index contributed by atoms with van der Waals surface area (Å²) in [6.45, 7) is 5.33. The number of benzene rings is 4. The molecule has 2 amide bonds. The van der Waals surface area contributed by atoms with Crippen LogP contribution >= 0.6 is 15.9 Å². The fourth-order valence-electron chi connectivity index (χ4n) is 4.90. The fourth-order valence-corrected chi connectivity index (χ4v) is 6.57. The monoisotopic (exact) mass is 705 g/mol. The molecule has 0 spiro atoms. The molecule has 0 aliphatic rings. The largest absolute Gasteiger partial charge is 0.497 e. The highest BCUT2D eigenvalue weighted by Crippen LogP contribution is 2.27. The minimum atomic E-state index is -4.19. The number of halogens is 1. The lowest BCUT2D eigenvalue weighted by molar-refractivity contribution is -0.140. The molecule has 0 unspecified atom stereocenters. The maximum Gasteiger partial charge on any atom is 0.264 e. The highest BCUT2D eigenvalue weighted by Gasteiger charge is 2.35. The number of amides is 2. The Morgan fingerprint density at radius 2 is 1.50 bits per heavy atom. The van der Waals surface area contributed by atoms with E-state index in [2.05, 4.69) is 21.2 Å². The number of nitrogens with one attached hydrogen (secondary N) is 1. The van der Waals surface area contributed by atoms with E-state index >= 15 is 0 Å². The SMILES string of the molecule is CC[C@H](C)NC(=O)[C@H](Cc1ccccc1)N(Cc1ccc(Br)cc1)C(=O)CN(c1ccc(OC)cc1)S(=O)(=O)c1ccc(C)cc1. The van der Waals surface area contributed by atoms with Gasteiger partial charge in [0, 0.05) is 23.5 Å². The quantitative estimate of drug-likeness (QED) is 0.161. The Morgan fingerprint density at radius 1 is 0.870 bits per heavy atom. The molecule has 0 radical (unpaired) electrons. The zero-order chi connectivity index (χ0) is 33.3. The van der Waals surface area contributed by atoms with Crippen molar-refractivity contribution in [3.8, 4) is 5.75 Å². The van der Waals surface area contributed by atoms with Gasteiger partial charge >= 0.3 is 0 Å². The third-order valence-corrected chi connectivity index (χ3v) is 10.1. The summed E-state index contributed by atoms with van der Waals surface area (Å²) < 4.78 is 35.6. The van der Waals surface area contributed by atoms with Crippen LogP contribution in [-0.2, 0) is 32.6 Å². The highest BCUT2D eigenvalue weighted by molar-refractivity contribution is 9.10. The van der Waals surface area contributed by atoms with E-state index in [0.29, 0.717) is 17.9 Å². The number of rotatable bonds is 14. The topological polar surface area (TPSA) is 96.0 Å². The number of carbonyl (C=O) groups is 2. The lowest BCUT2D eigenvalue weighted by Crippen LogP contribution is -2.54. The van der Waals surface area contributed by atoms with E-state index in [-0.39, 0.29) is 29.8 Å². The molecule has 0 aromatic heterocycles. The fraction of sp³-hybridized carbons (Fsp3) is 0.278. The van der Waals surface area contributed by atoms with Gasteiger partial charge < -0.3 is 15.0 Å². The average molecular weight is 707 g/mol. The van der Waals surface area contributed by atoms with Gasteiger partial charge in [-0.2, -0.15) is 0 Å². The summed E-state index contributed by atoms with van der Waals surface area (Å²) in [5, 5.41) is 3.05. The molecule has 1 N–H and O–H groups in total. The normalized spacial score (nSPS) is 12.5. The van der Waals surface area contributed by atoms with Crippen LogP contribution in [0.5, 0.6) is 5.75 Å². The number of methoxy groups -OCH3 is 1. The number of ether oxygens (including phenoxy) is 1. The Morgan fingerprint density at radius 3 is 2.09 bits per heavy atom. The van der Waals surface area contributed by atoms with E-state index in [0.717, 1.165) is 25.5 Å². The molecule has 0 heterocycles. The first-order valence-corrected chi connectivity index (χ1v) is 17.4. The van der Waals surface area contributed by atoms with Crippen molar-refractivity contribution >= 4 is 43.5 Å². The molecular formula is C36H40BrN3O5S.